The van der Waals surface area contributed by atoms with Gasteiger partial charge in [-0.15, -0.1) is 6.42 Å². The molecule has 0 aliphatic heterocycles. The standard InChI is InChI=1S/C14H18N2O3S/c1-4-9-15-20(18,19)13-8-6-7-12(10-13)14(17)16-11(3)5-2/h1,6-8,10-11,15H,5,9H2,2-3H3,(H,16,17)/t11-/m0/s1. The average Bonchev–Trinajstić information content (AvgIpc) is 2.45. The molecule has 1 rings (SSSR count). The summed E-state index contributed by atoms with van der Waals surface area (Å²) in [4.78, 5) is 12.0. The number of carbonyl (C=O) groups is 1. The van der Waals surface area contributed by atoms with E-state index in [9.17, 15) is 13.2 Å². The van der Waals surface area contributed by atoms with Gasteiger partial charge in [-0.1, -0.05) is 18.9 Å². The molecule has 1 atom stereocenters. The van der Waals surface area contributed by atoms with Gasteiger partial charge >= 0.3 is 0 Å². The van der Waals surface area contributed by atoms with Gasteiger partial charge in [-0.2, -0.15) is 4.72 Å². The van der Waals surface area contributed by atoms with Crippen LogP contribution in [-0.4, -0.2) is 26.9 Å². The van der Waals surface area contributed by atoms with Crippen LogP contribution in [0.3, 0.4) is 0 Å². The van der Waals surface area contributed by atoms with E-state index in [1.807, 2.05) is 13.8 Å². The Kier molecular flexibility index (Phi) is 5.74. The van der Waals surface area contributed by atoms with Gasteiger partial charge in [0.15, 0.2) is 0 Å². The number of carbonyl (C=O) groups excluding carboxylic acids is 1. The molecular weight excluding hydrogens is 276 g/mol. The van der Waals surface area contributed by atoms with Gasteiger partial charge in [0.05, 0.1) is 11.4 Å². The molecule has 0 radical (unpaired) electrons. The number of hydrogen-bond acceptors (Lipinski definition) is 3. The summed E-state index contributed by atoms with van der Waals surface area (Å²) >= 11 is 0. The first-order chi connectivity index (χ1) is 9.40. The van der Waals surface area contributed by atoms with Gasteiger partial charge in [-0.25, -0.2) is 8.42 Å². The summed E-state index contributed by atoms with van der Waals surface area (Å²) in [5.41, 5.74) is 0.300. The lowest BCUT2D eigenvalue weighted by Gasteiger charge is -2.12. The van der Waals surface area contributed by atoms with Crippen molar-refractivity contribution in [1.82, 2.24) is 10.0 Å². The molecule has 20 heavy (non-hydrogen) atoms. The topological polar surface area (TPSA) is 75.3 Å². The van der Waals surface area contributed by atoms with Crippen LogP contribution in [0.2, 0.25) is 0 Å². The molecule has 0 unspecified atom stereocenters. The highest BCUT2D eigenvalue weighted by Gasteiger charge is 2.16. The molecule has 6 heteroatoms. The molecule has 5 nitrogen and oxygen atoms in total. The summed E-state index contributed by atoms with van der Waals surface area (Å²) in [6.07, 6.45) is 5.82. The molecule has 0 saturated carbocycles. The smallest absolute Gasteiger partial charge is 0.251 e. The van der Waals surface area contributed by atoms with E-state index >= 15 is 0 Å². The third-order valence-electron chi connectivity index (χ3n) is 2.76. The van der Waals surface area contributed by atoms with Gasteiger partial charge in [-0.05, 0) is 31.5 Å². The largest absolute Gasteiger partial charge is 0.350 e. The number of hydrogen-bond donors (Lipinski definition) is 2. The third kappa shape index (κ3) is 4.37. The fraction of sp³-hybridized carbons (Fsp3) is 0.357. The zero-order valence-electron chi connectivity index (χ0n) is 11.5. The Morgan fingerprint density at radius 3 is 2.75 bits per heavy atom. The molecule has 0 aliphatic carbocycles. The number of terminal acetylenes is 1. The lowest BCUT2D eigenvalue weighted by Crippen LogP contribution is -2.32. The molecular formula is C14H18N2O3S. The van der Waals surface area contributed by atoms with Crippen molar-refractivity contribution in [2.24, 2.45) is 0 Å². The maximum atomic E-state index is 11.9. The normalized spacial score (nSPS) is 12.4. The SMILES string of the molecule is C#CCNS(=O)(=O)c1cccc(C(=O)N[C@@H](C)CC)c1. The minimum Gasteiger partial charge on any atom is -0.350 e. The van der Waals surface area contributed by atoms with Crippen molar-refractivity contribution in [3.8, 4) is 12.3 Å². The van der Waals surface area contributed by atoms with Crippen molar-refractivity contribution in [3.63, 3.8) is 0 Å². The van der Waals surface area contributed by atoms with Crippen LogP contribution >= 0.6 is 0 Å². The Balaban J connectivity index is 2.97. The predicted molar refractivity (Wildman–Crippen MR) is 77.7 cm³/mol. The number of nitrogens with one attached hydrogen (secondary N) is 2. The predicted octanol–water partition coefficient (Wildman–Crippen LogP) is 1.13. The highest BCUT2D eigenvalue weighted by Crippen LogP contribution is 2.11. The molecule has 2 N–H and O–H groups in total. The quantitative estimate of drug-likeness (QED) is 0.772. The van der Waals surface area contributed by atoms with Crippen molar-refractivity contribution >= 4 is 15.9 Å². The lowest BCUT2D eigenvalue weighted by molar-refractivity contribution is 0.0939. The maximum absolute atomic E-state index is 11.9. The van der Waals surface area contributed by atoms with Crippen molar-refractivity contribution in [2.45, 2.75) is 31.2 Å². The first-order valence-electron chi connectivity index (χ1n) is 6.24. The molecule has 1 amide bonds. The van der Waals surface area contributed by atoms with E-state index in [2.05, 4.69) is 16.0 Å². The van der Waals surface area contributed by atoms with Gasteiger partial charge < -0.3 is 5.32 Å². The molecule has 1 aromatic carbocycles. The van der Waals surface area contributed by atoms with Gasteiger partial charge in [0.25, 0.3) is 5.91 Å². The van der Waals surface area contributed by atoms with Crippen molar-refractivity contribution in [1.29, 1.82) is 0 Å². The van der Waals surface area contributed by atoms with E-state index in [4.69, 9.17) is 6.42 Å². The minimum absolute atomic E-state index is 0.0181. The highest BCUT2D eigenvalue weighted by molar-refractivity contribution is 7.89. The Labute approximate surface area is 119 Å². The van der Waals surface area contributed by atoms with Crippen LogP contribution in [0.25, 0.3) is 0 Å². The number of benzene rings is 1. The highest BCUT2D eigenvalue weighted by atomic mass is 32.2. The summed E-state index contributed by atoms with van der Waals surface area (Å²) in [5.74, 6) is 1.90. The van der Waals surface area contributed by atoms with E-state index in [0.29, 0.717) is 5.56 Å². The molecule has 1 aromatic rings. The zero-order valence-corrected chi connectivity index (χ0v) is 12.3. The lowest BCUT2D eigenvalue weighted by atomic mass is 10.2. The zero-order chi connectivity index (χ0) is 15.2. The Morgan fingerprint density at radius 1 is 1.45 bits per heavy atom. The molecule has 0 aliphatic rings. The first kappa shape index (κ1) is 16.2. The minimum atomic E-state index is -3.68. The van der Waals surface area contributed by atoms with Crippen LogP contribution in [0.5, 0.6) is 0 Å². The second-order valence-corrected chi connectivity index (χ2v) is 6.11. The second kappa shape index (κ2) is 7.08. The van der Waals surface area contributed by atoms with Crippen LogP contribution in [0.1, 0.15) is 30.6 Å². The fourth-order valence-electron chi connectivity index (χ4n) is 1.43. The summed E-state index contributed by atoms with van der Waals surface area (Å²) in [6, 6.07) is 5.87. The van der Waals surface area contributed by atoms with Crippen molar-refractivity contribution in [2.75, 3.05) is 6.54 Å². The van der Waals surface area contributed by atoms with E-state index in [0.717, 1.165) is 6.42 Å². The van der Waals surface area contributed by atoms with Crippen LogP contribution < -0.4 is 10.0 Å². The third-order valence-corrected chi connectivity index (χ3v) is 4.16. The van der Waals surface area contributed by atoms with E-state index < -0.39 is 10.0 Å². The van der Waals surface area contributed by atoms with Crippen LogP contribution in [0.4, 0.5) is 0 Å². The second-order valence-electron chi connectivity index (χ2n) is 4.34. The molecule has 108 valence electrons. The van der Waals surface area contributed by atoms with Crippen molar-refractivity contribution < 1.29 is 13.2 Å². The maximum Gasteiger partial charge on any atom is 0.251 e. The number of rotatable bonds is 6. The van der Waals surface area contributed by atoms with Gasteiger partial charge in [0, 0.05) is 11.6 Å². The van der Waals surface area contributed by atoms with Gasteiger partial charge in [0.1, 0.15) is 0 Å². The monoisotopic (exact) mass is 294 g/mol. The molecule has 0 fully saturated rings. The molecule has 0 heterocycles. The summed E-state index contributed by atoms with van der Waals surface area (Å²) in [7, 11) is -3.68. The Bertz CT molecular complexity index is 618. The molecule has 0 aromatic heterocycles. The molecule has 0 spiro atoms. The summed E-state index contributed by atoms with van der Waals surface area (Å²) < 4.78 is 26.1. The van der Waals surface area contributed by atoms with Crippen LogP contribution in [0.15, 0.2) is 29.2 Å². The van der Waals surface area contributed by atoms with E-state index in [-0.39, 0.29) is 23.4 Å². The molecule has 0 saturated heterocycles. The fourth-order valence-corrected chi connectivity index (χ4v) is 2.41. The number of sulfonamides is 1. The van der Waals surface area contributed by atoms with E-state index in [1.54, 1.807) is 6.07 Å². The number of amides is 1. The van der Waals surface area contributed by atoms with E-state index in [1.165, 1.54) is 18.2 Å². The van der Waals surface area contributed by atoms with Gasteiger partial charge in [0.2, 0.25) is 10.0 Å². The summed E-state index contributed by atoms with van der Waals surface area (Å²) in [6.45, 7) is 3.74. The Hall–Kier alpha value is -1.84. The molecule has 0 bridgehead atoms. The summed E-state index contributed by atoms with van der Waals surface area (Å²) in [5, 5.41) is 2.78. The first-order valence-corrected chi connectivity index (χ1v) is 7.73. The average molecular weight is 294 g/mol. The van der Waals surface area contributed by atoms with Crippen molar-refractivity contribution in [3.05, 3.63) is 29.8 Å². The van der Waals surface area contributed by atoms with Gasteiger partial charge in [-0.3, -0.25) is 4.79 Å². The Morgan fingerprint density at radius 2 is 2.15 bits per heavy atom. The van der Waals surface area contributed by atoms with Crippen LogP contribution in [0, 0.1) is 12.3 Å². The van der Waals surface area contributed by atoms with Crippen LogP contribution in [-0.2, 0) is 10.0 Å².